The summed E-state index contributed by atoms with van der Waals surface area (Å²) in [6.45, 7) is 7.05. The molecule has 0 saturated carbocycles. The Labute approximate surface area is 115 Å². The number of hydrogen-bond donors (Lipinski definition) is 0. The highest BCUT2D eigenvalue weighted by molar-refractivity contribution is 5.75. The molecule has 19 heavy (non-hydrogen) atoms. The molecule has 0 aromatic rings. The first-order valence-electron chi connectivity index (χ1n) is 6.80. The number of carbonyl (C=O) groups is 2. The number of hydrogen-bond acceptors (Lipinski definition) is 5. The van der Waals surface area contributed by atoms with Gasteiger partial charge in [-0.05, 0) is 59.7 Å². The smallest absolute Gasteiger partial charge is 0.314 e. The molecule has 0 radical (unpaired) electrons. The van der Waals surface area contributed by atoms with Gasteiger partial charge in [-0.3, -0.25) is 9.59 Å². The van der Waals surface area contributed by atoms with Gasteiger partial charge in [-0.1, -0.05) is 0 Å². The van der Waals surface area contributed by atoms with Gasteiger partial charge in [0.1, 0.15) is 0 Å². The molecule has 0 spiro atoms. The Hall–Kier alpha value is -1.10. The molecule has 1 saturated heterocycles. The van der Waals surface area contributed by atoms with Gasteiger partial charge in [0.15, 0.2) is 0 Å². The van der Waals surface area contributed by atoms with E-state index >= 15 is 0 Å². The minimum Gasteiger partial charge on any atom is -0.428 e. The van der Waals surface area contributed by atoms with Gasteiger partial charge in [0.2, 0.25) is 6.79 Å². The lowest BCUT2D eigenvalue weighted by molar-refractivity contribution is -0.173. The Bertz CT molecular complexity index is 314. The average Bonchev–Trinajstić information content (AvgIpc) is 2.31. The minimum atomic E-state index is -0.569. The zero-order chi connectivity index (χ0) is 14.5. The lowest BCUT2D eigenvalue weighted by atomic mass is 9.94. The third kappa shape index (κ3) is 6.05. The molecule has 0 aromatic carbocycles. The van der Waals surface area contributed by atoms with Crippen molar-refractivity contribution >= 4 is 11.9 Å². The van der Waals surface area contributed by atoms with Gasteiger partial charge in [-0.2, -0.15) is 0 Å². The largest absolute Gasteiger partial charge is 0.428 e. The van der Waals surface area contributed by atoms with E-state index in [0.29, 0.717) is 12.3 Å². The number of esters is 2. The molecule has 5 nitrogen and oxygen atoms in total. The fraction of sp³-hybridized carbons (Fsp3) is 0.857. The number of likely N-dealkylation sites (tertiary alicyclic amines) is 1. The van der Waals surface area contributed by atoms with Crippen LogP contribution in [0.3, 0.4) is 0 Å². The molecule has 1 aliphatic heterocycles. The number of carbonyl (C=O) groups excluding carboxylic acids is 2. The number of ether oxygens (including phenoxy) is 2. The summed E-state index contributed by atoms with van der Waals surface area (Å²) >= 11 is 0. The first-order chi connectivity index (χ1) is 8.79. The molecule has 1 rings (SSSR count). The molecule has 0 atom stereocenters. The summed E-state index contributed by atoms with van der Waals surface area (Å²) in [6.07, 6.45) is 2.46. The molecule has 0 unspecified atom stereocenters. The summed E-state index contributed by atoms with van der Waals surface area (Å²) in [5, 5.41) is 0. The van der Waals surface area contributed by atoms with E-state index in [1.807, 2.05) is 0 Å². The van der Waals surface area contributed by atoms with Crippen LogP contribution in [0, 0.1) is 11.3 Å². The molecule has 0 bridgehead atoms. The summed E-state index contributed by atoms with van der Waals surface area (Å²) in [5.41, 5.74) is -0.569. The Morgan fingerprint density at radius 2 is 1.74 bits per heavy atom. The van der Waals surface area contributed by atoms with Crippen molar-refractivity contribution in [2.75, 3.05) is 26.9 Å². The van der Waals surface area contributed by atoms with E-state index in [9.17, 15) is 9.59 Å². The van der Waals surface area contributed by atoms with Crippen LogP contribution >= 0.6 is 0 Å². The van der Waals surface area contributed by atoms with Crippen LogP contribution in [-0.4, -0.2) is 43.8 Å². The van der Waals surface area contributed by atoms with Crippen molar-refractivity contribution in [1.29, 1.82) is 0 Å². The van der Waals surface area contributed by atoms with Gasteiger partial charge >= 0.3 is 11.9 Å². The van der Waals surface area contributed by atoms with Crippen molar-refractivity contribution < 1.29 is 19.1 Å². The third-order valence-corrected chi connectivity index (χ3v) is 3.32. The first-order valence-corrected chi connectivity index (χ1v) is 6.80. The zero-order valence-corrected chi connectivity index (χ0v) is 12.4. The minimum absolute atomic E-state index is 0.276. The number of rotatable bonds is 4. The van der Waals surface area contributed by atoms with Crippen molar-refractivity contribution in [3.63, 3.8) is 0 Å². The first kappa shape index (κ1) is 16.0. The summed E-state index contributed by atoms with van der Waals surface area (Å²) in [6, 6.07) is 0. The fourth-order valence-corrected chi connectivity index (χ4v) is 1.93. The van der Waals surface area contributed by atoms with E-state index in [-0.39, 0.29) is 18.7 Å². The second-order valence-corrected chi connectivity index (χ2v) is 6.27. The maximum atomic E-state index is 11.6. The van der Waals surface area contributed by atoms with Crippen molar-refractivity contribution in [3.8, 4) is 0 Å². The molecule has 0 amide bonds. The van der Waals surface area contributed by atoms with Crippen LogP contribution in [0.25, 0.3) is 0 Å². The van der Waals surface area contributed by atoms with E-state index in [4.69, 9.17) is 9.47 Å². The summed E-state index contributed by atoms with van der Waals surface area (Å²) in [4.78, 5) is 25.3. The van der Waals surface area contributed by atoms with Crippen LogP contribution in [0.2, 0.25) is 0 Å². The van der Waals surface area contributed by atoms with Crippen molar-refractivity contribution in [3.05, 3.63) is 0 Å². The molecule has 1 aliphatic rings. The quantitative estimate of drug-likeness (QED) is 0.576. The number of piperidine rings is 1. The van der Waals surface area contributed by atoms with Gasteiger partial charge in [-0.25, -0.2) is 0 Å². The van der Waals surface area contributed by atoms with Crippen LogP contribution in [0.4, 0.5) is 0 Å². The lowest BCUT2D eigenvalue weighted by Gasteiger charge is -2.28. The molecule has 1 heterocycles. The van der Waals surface area contributed by atoms with E-state index in [2.05, 4.69) is 11.9 Å². The Morgan fingerprint density at radius 1 is 1.16 bits per heavy atom. The molecule has 1 fully saturated rings. The van der Waals surface area contributed by atoms with Gasteiger partial charge in [0.05, 0.1) is 5.41 Å². The topological polar surface area (TPSA) is 55.8 Å². The second kappa shape index (κ2) is 6.89. The highest BCUT2D eigenvalue weighted by Gasteiger charge is 2.24. The van der Waals surface area contributed by atoms with Gasteiger partial charge in [0, 0.05) is 6.42 Å². The maximum Gasteiger partial charge on any atom is 0.314 e. The molecule has 0 aromatic heterocycles. The Balaban J connectivity index is 2.16. The van der Waals surface area contributed by atoms with E-state index < -0.39 is 5.41 Å². The summed E-state index contributed by atoms with van der Waals surface area (Å²) < 4.78 is 9.83. The maximum absolute atomic E-state index is 11.6. The molecule has 0 N–H and O–H groups in total. The normalized spacial score (nSPS) is 18.1. The van der Waals surface area contributed by atoms with Gasteiger partial charge in [-0.15, -0.1) is 0 Å². The third-order valence-electron chi connectivity index (χ3n) is 3.32. The van der Waals surface area contributed by atoms with Crippen LogP contribution in [0.1, 0.15) is 40.0 Å². The Kier molecular flexibility index (Phi) is 5.79. The summed E-state index contributed by atoms with van der Waals surface area (Å²) in [5.74, 6) is -0.252. The zero-order valence-electron chi connectivity index (χ0n) is 12.4. The highest BCUT2D eigenvalue weighted by Crippen LogP contribution is 2.20. The lowest BCUT2D eigenvalue weighted by Crippen LogP contribution is -2.31. The highest BCUT2D eigenvalue weighted by atomic mass is 16.7. The van der Waals surface area contributed by atoms with Crippen LogP contribution in [0.5, 0.6) is 0 Å². The van der Waals surface area contributed by atoms with E-state index in [0.717, 1.165) is 25.9 Å². The van der Waals surface area contributed by atoms with Crippen LogP contribution in [0.15, 0.2) is 0 Å². The fourth-order valence-electron chi connectivity index (χ4n) is 1.93. The average molecular weight is 271 g/mol. The molecular formula is C14H25NO4. The van der Waals surface area contributed by atoms with E-state index in [1.54, 1.807) is 20.8 Å². The van der Waals surface area contributed by atoms with E-state index in [1.165, 1.54) is 0 Å². The predicted molar refractivity (Wildman–Crippen MR) is 71.3 cm³/mol. The van der Waals surface area contributed by atoms with Crippen molar-refractivity contribution in [2.45, 2.75) is 40.0 Å². The SMILES string of the molecule is CN1CCC(CC(=O)OCOC(=O)C(C)(C)C)CC1. The van der Waals surface area contributed by atoms with Gasteiger partial charge in [0.25, 0.3) is 0 Å². The van der Waals surface area contributed by atoms with Crippen LogP contribution in [-0.2, 0) is 19.1 Å². The molecular weight excluding hydrogens is 246 g/mol. The molecule has 0 aliphatic carbocycles. The second-order valence-electron chi connectivity index (χ2n) is 6.27. The van der Waals surface area contributed by atoms with Gasteiger partial charge < -0.3 is 14.4 Å². The van der Waals surface area contributed by atoms with Crippen LogP contribution < -0.4 is 0 Å². The number of nitrogens with zero attached hydrogens (tertiary/aromatic N) is 1. The van der Waals surface area contributed by atoms with Crippen molar-refractivity contribution in [1.82, 2.24) is 4.90 Å². The molecule has 110 valence electrons. The monoisotopic (exact) mass is 271 g/mol. The molecule has 5 heteroatoms. The standard InChI is InChI=1S/C14H25NO4/c1-14(2,3)13(17)19-10-18-12(16)9-11-5-7-15(4)8-6-11/h11H,5-10H2,1-4H3. The van der Waals surface area contributed by atoms with Crippen molar-refractivity contribution in [2.24, 2.45) is 11.3 Å². The summed E-state index contributed by atoms with van der Waals surface area (Å²) in [7, 11) is 2.08. The Morgan fingerprint density at radius 3 is 2.26 bits per heavy atom. The predicted octanol–water partition coefficient (Wildman–Crippen LogP) is 1.81.